The minimum Gasteiger partial charge on any atom is -0.494 e. The molecule has 0 bridgehead atoms. The summed E-state index contributed by atoms with van der Waals surface area (Å²) in [5.41, 5.74) is 1.80. The summed E-state index contributed by atoms with van der Waals surface area (Å²) >= 11 is 0. The number of amides is 1. The number of ether oxygens (including phenoxy) is 1. The lowest BCUT2D eigenvalue weighted by atomic mass is 10.0. The van der Waals surface area contributed by atoms with Gasteiger partial charge in [0, 0.05) is 24.9 Å². The Morgan fingerprint density at radius 3 is 2.46 bits per heavy atom. The zero-order valence-corrected chi connectivity index (χ0v) is 15.2. The van der Waals surface area contributed by atoms with Gasteiger partial charge in [-0.05, 0) is 49.6 Å². The number of nitrogens with zero attached hydrogens (tertiary/aromatic N) is 1. The van der Waals surface area contributed by atoms with Crippen molar-refractivity contribution in [3.63, 3.8) is 0 Å². The lowest BCUT2D eigenvalue weighted by Gasteiger charge is -2.25. The zero-order valence-electron chi connectivity index (χ0n) is 15.2. The Hall–Kier alpha value is -2.62. The molecule has 1 heterocycles. The number of Topliss-reactive ketones (excluding diaryl/α,β-unsaturated/α-hetero) is 1. The molecule has 2 aromatic rings. The number of hydrogen-bond donors (Lipinski definition) is 0. The summed E-state index contributed by atoms with van der Waals surface area (Å²) in [6, 6.07) is 17.4. The molecule has 1 saturated heterocycles. The van der Waals surface area contributed by atoms with E-state index in [0.29, 0.717) is 12.2 Å². The summed E-state index contributed by atoms with van der Waals surface area (Å²) in [4.78, 5) is 27.0. The molecule has 1 amide bonds. The van der Waals surface area contributed by atoms with Crippen LogP contribution in [0.2, 0.25) is 0 Å². The molecule has 0 spiro atoms. The second-order valence-electron chi connectivity index (χ2n) is 6.54. The molecule has 0 aromatic heterocycles. The van der Waals surface area contributed by atoms with Crippen molar-refractivity contribution in [3.8, 4) is 5.75 Å². The summed E-state index contributed by atoms with van der Waals surface area (Å²) in [6.45, 7) is 3.29. The van der Waals surface area contributed by atoms with E-state index in [4.69, 9.17) is 4.74 Å². The highest BCUT2D eigenvalue weighted by Crippen LogP contribution is 2.32. The van der Waals surface area contributed by atoms with Gasteiger partial charge in [-0.3, -0.25) is 9.59 Å². The van der Waals surface area contributed by atoms with Gasteiger partial charge < -0.3 is 9.64 Å². The monoisotopic (exact) mass is 351 g/mol. The van der Waals surface area contributed by atoms with Crippen molar-refractivity contribution in [1.82, 2.24) is 4.90 Å². The summed E-state index contributed by atoms with van der Waals surface area (Å²) in [5.74, 6) is 0.815. The lowest BCUT2D eigenvalue weighted by molar-refractivity contribution is -0.132. The molecule has 0 radical (unpaired) electrons. The SMILES string of the molecule is CCOc1ccc(C(=O)CCC(=O)N2CCCC2c2ccccc2)cc1. The van der Waals surface area contributed by atoms with E-state index in [9.17, 15) is 9.59 Å². The molecule has 1 aliphatic heterocycles. The topological polar surface area (TPSA) is 46.6 Å². The van der Waals surface area contributed by atoms with Crippen LogP contribution in [-0.2, 0) is 4.79 Å². The molecule has 1 unspecified atom stereocenters. The van der Waals surface area contributed by atoms with Crippen LogP contribution >= 0.6 is 0 Å². The van der Waals surface area contributed by atoms with Gasteiger partial charge in [-0.25, -0.2) is 0 Å². The van der Waals surface area contributed by atoms with E-state index in [-0.39, 0.29) is 30.6 Å². The Balaban J connectivity index is 1.57. The first kappa shape index (κ1) is 18.2. The summed E-state index contributed by atoms with van der Waals surface area (Å²) < 4.78 is 5.39. The van der Waals surface area contributed by atoms with Gasteiger partial charge in [0.05, 0.1) is 12.6 Å². The number of carbonyl (C=O) groups excluding carboxylic acids is 2. The van der Waals surface area contributed by atoms with Crippen molar-refractivity contribution in [1.29, 1.82) is 0 Å². The fourth-order valence-corrected chi connectivity index (χ4v) is 3.50. The number of benzene rings is 2. The number of ketones is 1. The quantitative estimate of drug-likeness (QED) is 0.694. The van der Waals surface area contributed by atoms with Crippen LogP contribution in [0.25, 0.3) is 0 Å². The van der Waals surface area contributed by atoms with Gasteiger partial charge in [0.1, 0.15) is 5.75 Å². The number of rotatable bonds is 7. The maximum Gasteiger partial charge on any atom is 0.223 e. The number of carbonyl (C=O) groups is 2. The van der Waals surface area contributed by atoms with Crippen LogP contribution in [0.5, 0.6) is 5.75 Å². The molecule has 3 rings (SSSR count). The molecule has 4 nitrogen and oxygen atoms in total. The van der Waals surface area contributed by atoms with E-state index in [2.05, 4.69) is 12.1 Å². The minimum atomic E-state index is -0.00291. The number of hydrogen-bond acceptors (Lipinski definition) is 3. The standard InChI is InChI=1S/C22H25NO3/c1-2-26-19-12-10-18(11-13-19)21(24)14-15-22(25)23-16-6-9-20(23)17-7-4-3-5-8-17/h3-5,7-8,10-13,20H,2,6,9,14-16H2,1H3. The molecule has 26 heavy (non-hydrogen) atoms. The summed E-state index contributed by atoms with van der Waals surface area (Å²) in [7, 11) is 0. The fourth-order valence-electron chi connectivity index (χ4n) is 3.50. The van der Waals surface area contributed by atoms with E-state index in [0.717, 1.165) is 25.1 Å². The molecular formula is C22H25NO3. The Bertz CT molecular complexity index is 740. The third-order valence-electron chi connectivity index (χ3n) is 4.81. The highest BCUT2D eigenvalue weighted by atomic mass is 16.5. The molecule has 0 N–H and O–H groups in total. The molecule has 136 valence electrons. The summed E-state index contributed by atoms with van der Waals surface area (Å²) in [6.07, 6.45) is 2.50. The predicted molar refractivity (Wildman–Crippen MR) is 101 cm³/mol. The Kier molecular flexibility index (Phi) is 6.05. The normalized spacial score (nSPS) is 16.5. The van der Waals surface area contributed by atoms with Crippen molar-refractivity contribution in [2.24, 2.45) is 0 Å². The van der Waals surface area contributed by atoms with E-state index in [1.165, 1.54) is 5.56 Å². The highest BCUT2D eigenvalue weighted by Gasteiger charge is 2.29. The molecule has 1 aliphatic rings. The average Bonchev–Trinajstić information content (AvgIpc) is 3.17. The van der Waals surface area contributed by atoms with E-state index in [1.807, 2.05) is 30.0 Å². The van der Waals surface area contributed by atoms with Gasteiger partial charge in [-0.15, -0.1) is 0 Å². The van der Waals surface area contributed by atoms with Crippen LogP contribution in [0.3, 0.4) is 0 Å². The largest absolute Gasteiger partial charge is 0.494 e. The molecule has 1 fully saturated rings. The van der Waals surface area contributed by atoms with Gasteiger partial charge >= 0.3 is 0 Å². The Labute approximate surface area is 154 Å². The Morgan fingerprint density at radius 1 is 1.04 bits per heavy atom. The van der Waals surface area contributed by atoms with Gasteiger partial charge in [0.2, 0.25) is 5.91 Å². The summed E-state index contributed by atoms with van der Waals surface area (Å²) in [5, 5.41) is 0. The first-order valence-electron chi connectivity index (χ1n) is 9.29. The van der Waals surface area contributed by atoms with Crippen molar-refractivity contribution < 1.29 is 14.3 Å². The van der Waals surface area contributed by atoms with E-state index >= 15 is 0 Å². The van der Waals surface area contributed by atoms with Crippen molar-refractivity contribution >= 4 is 11.7 Å². The van der Waals surface area contributed by atoms with E-state index in [1.54, 1.807) is 24.3 Å². The first-order valence-corrected chi connectivity index (χ1v) is 9.29. The molecule has 1 atom stereocenters. The molecule has 2 aromatic carbocycles. The van der Waals surface area contributed by atoms with Crippen LogP contribution in [0.15, 0.2) is 54.6 Å². The van der Waals surface area contributed by atoms with Crippen LogP contribution in [-0.4, -0.2) is 29.7 Å². The van der Waals surface area contributed by atoms with Gasteiger partial charge in [-0.2, -0.15) is 0 Å². The molecule has 0 aliphatic carbocycles. The van der Waals surface area contributed by atoms with Gasteiger partial charge in [0.25, 0.3) is 0 Å². The zero-order chi connectivity index (χ0) is 18.4. The first-order chi connectivity index (χ1) is 12.7. The second-order valence-corrected chi connectivity index (χ2v) is 6.54. The molecule has 0 saturated carbocycles. The minimum absolute atomic E-state index is 0.00291. The molecular weight excluding hydrogens is 326 g/mol. The van der Waals surface area contributed by atoms with E-state index < -0.39 is 0 Å². The van der Waals surface area contributed by atoms with Crippen LogP contribution in [0.1, 0.15) is 54.6 Å². The third-order valence-corrected chi connectivity index (χ3v) is 4.81. The van der Waals surface area contributed by atoms with Crippen molar-refractivity contribution in [2.75, 3.05) is 13.2 Å². The highest BCUT2D eigenvalue weighted by molar-refractivity contribution is 5.98. The van der Waals surface area contributed by atoms with Crippen molar-refractivity contribution in [2.45, 2.75) is 38.6 Å². The lowest BCUT2D eigenvalue weighted by Crippen LogP contribution is -2.30. The average molecular weight is 351 g/mol. The smallest absolute Gasteiger partial charge is 0.223 e. The van der Waals surface area contributed by atoms with Crippen LogP contribution < -0.4 is 4.74 Å². The second kappa shape index (κ2) is 8.65. The third kappa shape index (κ3) is 4.31. The predicted octanol–water partition coefficient (Wildman–Crippen LogP) is 4.41. The van der Waals surface area contributed by atoms with Crippen LogP contribution in [0, 0.1) is 0 Å². The van der Waals surface area contributed by atoms with Gasteiger partial charge in [-0.1, -0.05) is 30.3 Å². The fraction of sp³-hybridized carbons (Fsp3) is 0.364. The molecule has 4 heteroatoms. The number of likely N-dealkylation sites (tertiary alicyclic amines) is 1. The Morgan fingerprint density at radius 2 is 1.77 bits per heavy atom. The maximum atomic E-state index is 12.7. The van der Waals surface area contributed by atoms with Gasteiger partial charge in [0.15, 0.2) is 5.78 Å². The van der Waals surface area contributed by atoms with Crippen molar-refractivity contribution in [3.05, 3.63) is 65.7 Å². The van der Waals surface area contributed by atoms with Crippen LogP contribution in [0.4, 0.5) is 0 Å². The maximum absolute atomic E-state index is 12.7.